The molecule has 0 fully saturated rings. The third kappa shape index (κ3) is 3.34. The molecule has 1 aliphatic heterocycles. The Bertz CT molecular complexity index is 924. The van der Waals surface area contributed by atoms with Gasteiger partial charge in [-0.25, -0.2) is 0 Å². The van der Waals surface area contributed by atoms with Crippen LogP contribution in [0, 0.1) is 0 Å². The number of rotatable bonds is 3. The molecule has 0 radical (unpaired) electrons. The van der Waals surface area contributed by atoms with Gasteiger partial charge in [0.15, 0.2) is 0 Å². The van der Waals surface area contributed by atoms with Crippen LogP contribution in [-0.4, -0.2) is 16.9 Å². The van der Waals surface area contributed by atoms with E-state index in [4.69, 9.17) is 5.10 Å². The number of hydrogen-bond acceptors (Lipinski definition) is 3. The van der Waals surface area contributed by atoms with E-state index < -0.39 is 6.10 Å². The maximum absolute atomic E-state index is 11.1. The summed E-state index contributed by atoms with van der Waals surface area (Å²) in [6, 6.07) is 25.5. The lowest BCUT2D eigenvalue weighted by molar-refractivity contribution is 0.217. The maximum atomic E-state index is 11.1. The standard InChI is InChI=1S/C21H16Br2N2O/c22-16-8-6-15(7-9-16)20-21(26)19(14-4-2-1-3-5-14)24-25(20)18-12-10-17(23)11-13-18/h1-13,20-21,26H. The van der Waals surface area contributed by atoms with Crippen LogP contribution in [0.2, 0.25) is 0 Å². The van der Waals surface area contributed by atoms with E-state index in [0.29, 0.717) is 5.71 Å². The van der Waals surface area contributed by atoms with Crippen molar-refractivity contribution in [2.45, 2.75) is 12.1 Å². The van der Waals surface area contributed by atoms with Gasteiger partial charge < -0.3 is 5.11 Å². The molecule has 3 nitrogen and oxygen atoms in total. The van der Waals surface area contributed by atoms with E-state index in [9.17, 15) is 5.11 Å². The van der Waals surface area contributed by atoms with Crippen molar-refractivity contribution < 1.29 is 5.11 Å². The first-order chi connectivity index (χ1) is 12.6. The van der Waals surface area contributed by atoms with Crippen molar-refractivity contribution in [2.75, 3.05) is 5.01 Å². The van der Waals surface area contributed by atoms with Gasteiger partial charge in [0.05, 0.1) is 11.4 Å². The smallest absolute Gasteiger partial charge is 0.125 e. The zero-order valence-electron chi connectivity index (χ0n) is 13.8. The summed E-state index contributed by atoms with van der Waals surface area (Å²) in [6.45, 7) is 0. The van der Waals surface area contributed by atoms with E-state index in [-0.39, 0.29) is 6.04 Å². The molecule has 4 rings (SSSR count). The fourth-order valence-corrected chi connectivity index (χ4v) is 3.68. The summed E-state index contributed by atoms with van der Waals surface area (Å²) in [5.41, 5.74) is 3.56. The molecule has 0 aromatic heterocycles. The van der Waals surface area contributed by atoms with Gasteiger partial charge >= 0.3 is 0 Å². The van der Waals surface area contributed by atoms with Gasteiger partial charge in [-0.3, -0.25) is 5.01 Å². The molecular formula is C21H16Br2N2O. The molecule has 3 aromatic rings. The highest BCUT2D eigenvalue weighted by Gasteiger charge is 2.38. The van der Waals surface area contributed by atoms with Gasteiger partial charge in [0.1, 0.15) is 12.1 Å². The Kier molecular flexibility index (Phi) is 4.94. The highest BCUT2D eigenvalue weighted by atomic mass is 79.9. The van der Waals surface area contributed by atoms with Crippen LogP contribution in [0.15, 0.2) is 92.9 Å². The molecule has 5 heteroatoms. The largest absolute Gasteiger partial charge is 0.384 e. The predicted octanol–water partition coefficient (Wildman–Crippen LogP) is 5.54. The highest BCUT2D eigenvalue weighted by molar-refractivity contribution is 9.10. The molecule has 1 N–H and O–H groups in total. The molecule has 26 heavy (non-hydrogen) atoms. The minimum Gasteiger partial charge on any atom is -0.384 e. The number of hydrogen-bond donors (Lipinski definition) is 1. The molecule has 0 saturated heterocycles. The van der Waals surface area contributed by atoms with Gasteiger partial charge in [-0.1, -0.05) is 74.3 Å². The zero-order chi connectivity index (χ0) is 18.1. The summed E-state index contributed by atoms with van der Waals surface area (Å²) in [7, 11) is 0. The zero-order valence-corrected chi connectivity index (χ0v) is 16.9. The Morgan fingerprint density at radius 1 is 0.769 bits per heavy atom. The first-order valence-electron chi connectivity index (χ1n) is 8.26. The molecule has 3 aromatic carbocycles. The van der Waals surface area contributed by atoms with Crippen LogP contribution >= 0.6 is 31.9 Å². The number of hydrazone groups is 1. The summed E-state index contributed by atoms with van der Waals surface area (Å²) in [4.78, 5) is 0. The number of anilines is 1. The number of aliphatic hydroxyl groups is 1. The number of aliphatic hydroxyl groups excluding tert-OH is 1. The minimum absolute atomic E-state index is 0.278. The Labute approximate surface area is 169 Å². The van der Waals surface area contributed by atoms with Crippen molar-refractivity contribution in [2.24, 2.45) is 5.10 Å². The van der Waals surface area contributed by atoms with Gasteiger partial charge in [-0.15, -0.1) is 0 Å². The second-order valence-electron chi connectivity index (χ2n) is 6.11. The topological polar surface area (TPSA) is 35.8 Å². The number of halogens is 2. The summed E-state index contributed by atoms with van der Waals surface area (Å²) >= 11 is 6.95. The van der Waals surface area contributed by atoms with Crippen molar-refractivity contribution >= 4 is 43.3 Å². The number of nitrogens with zero attached hydrogens (tertiary/aromatic N) is 2. The SMILES string of the molecule is OC1C(c2ccccc2)=NN(c2ccc(Br)cc2)C1c1ccc(Br)cc1. The Hall–Kier alpha value is -1.95. The van der Waals surface area contributed by atoms with Crippen LogP contribution in [0.3, 0.4) is 0 Å². The molecule has 130 valence electrons. The lowest BCUT2D eigenvalue weighted by atomic mass is 9.95. The van der Waals surface area contributed by atoms with Gasteiger partial charge in [0, 0.05) is 14.5 Å². The predicted molar refractivity (Wildman–Crippen MR) is 112 cm³/mol. The quantitative estimate of drug-likeness (QED) is 0.544. The van der Waals surface area contributed by atoms with Crippen LogP contribution in [0.1, 0.15) is 17.2 Å². The van der Waals surface area contributed by atoms with Crippen LogP contribution < -0.4 is 5.01 Å². The van der Waals surface area contributed by atoms with E-state index in [1.165, 1.54) is 0 Å². The lowest BCUT2D eigenvalue weighted by Crippen LogP contribution is -2.29. The Morgan fingerprint density at radius 2 is 1.35 bits per heavy atom. The molecular weight excluding hydrogens is 456 g/mol. The molecule has 0 aliphatic carbocycles. The van der Waals surface area contributed by atoms with E-state index in [1.54, 1.807) is 0 Å². The molecule has 2 atom stereocenters. The lowest BCUT2D eigenvalue weighted by Gasteiger charge is -2.26. The fraction of sp³-hybridized carbons (Fsp3) is 0.0952. The highest BCUT2D eigenvalue weighted by Crippen LogP contribution is 2.37. The van der Waals surface area contributed by atoms with E-state index in [0.717, 1.165) is 25.8 Å². The molecule has 0 spiro atoms. The fourth-order valence-electron chi connectivity index (χ4n) is 3.15. The third-order valence-electron chi connectivity index (χ3n) is 4.43. The van der Waals surface area contributed by atoms with E-state index in [2.05, 4.69) is 31.9 Å². The Balaban J connectivity index is 1.80. The summed E-state index contributed by atoms with van der Waals surface area (Å²) < 4.78 is 2.02. The monoisotopic (exact) mass is 470 g/mol. The van der Waals surface area contributed by atoms with Gasteiger partial charge in [-0.2, -0.15) is 5.10 Å². The molecule has 1 aliphatic rings. The van der Waals surface area contributed by atoms with Gasteiger partial charge in [0.25, 0.3) is 0 Å². The summed E-state index contributed by atoms with van der Waals surface area (Å²) in [6.07, 6.45) is -0.720. The summed E-state index contributed by atoms with van der Waals surface area (Å²) in [5, 5.41) is 17.8. The van der Waals surface area contributed by atoms with Gasteiger partial charge in [0.2, 0.25) is 0 Å². The van der Waals surface area contributed by atoms with E-state index in [1.807, 2.05) is 83.9 Å². The first-order valence-corrected chi connectivity index (χ1v) is 9.84. The average Bonchev–Trinajstić information content (AvgIpc) is 3.01. The van der Waals surface area contributed by atoms with Crippen molar-refractivity contribution in [1.82, 2.24) is 0 Å². The van der Waals surface area contributed by atoms with Crippen LogP contribution in [0.5, 0.6) is 0 Å². The minimum atomic E-state index is -0.720. The van der Waals surface area contributed by atoms with Gasteiger partial charge in [-0.05, 0) is 42.0 Å². The molecule has 0 saturated carbocycles. The van der Waals surface area contributed by atoms with Crippen molar-refractivity contribution in [3.63, 3.8) is 0 Å². The molecule has 0 bridgehead atoms. The average molecular weight is 472 g/mol. The second kappa shape index (κ2) is 7.35. The van der Waals surface area contributed by atoms with Crippen molar-refractivity contribution in [3.05, 3.63) is 98.9 Å². The van der Waals surface area contributed by atoms with Crippen LogP contribution in [-0.2, 0) is 0 Å². The van der Waals surface area contributed by atoms with Crippen LogP contribution in [0.25, 0.3) is 0 Å². The Morgan fingerprint density at radius 3 is 1.96 bits per heavy atom. The maximum Gasteiger partial charge on any atom is 0.125 e. The third-order valence-corrected chi connectivity index (χ3v) is 5.49. The number of benzene rings is 3. The molecule has 1 heterocycles. The van der Waals surface area contributed by atoms with Crippen molar-refractivity contribution in [1.29, 1.82) is 0 Å². The molecule has 0 amide bonds. The molecule has 2 unspecified atom stereocenters. The second-order valence-corrected chi connectivity index (χ2v) is 7.94. The first kappa shape index (κ1) is 17.5. The van der Waals surface area contributed by atoms with E-state index >= 15 is 0 Å². The summed E-state index contributed by atoms with van der Waals surface area (Å²) in [5.74, 6) is 0. The van der Waals surface area contributed by atoms with Crippen LogP contribution in [0.4, 0.5) is 5.69 Å². The van der Waals surface area contributed by atoms with Crippen molar-refractivity contribution in [3.8, 4) is 0 Å². The normalized spacial score (nSPS) is 19.5.